The fraction of sp³-hybridized carbons (Fsp3) is 0.667. The highest BCUT2D eigenvalue weighted by atomic mass is 32.1. The van der Waals surface area contributed by atoms with Crippen LogP contribution in [0.2, 0.25) is 0 Å². The number of carbonyl (C=O) groups is 2. The number of nitrogens with zero attached hydrogens (tertiary/aromatic N) is 2. The predicted octanol–water partition coefficient (Wildman–Crippen LogP) is 1.86. The Morgan fingerprint density at radius 3 is 2.57 bits per heavy atom. The van der Waals surface area contributed by atoms with Crippen molar-refractivity contribution in [3.63, 3.8) is 0 Å². The van der Waals surface area contributed by atoms with Gasteiger partial charge in [0.05, 0.1) is 17.2 Å². The second-order valence-electron chi connectivity index (χ2n) is 6.75. The molecule has 1 unspecified atom stereocenters. The molecule has 0 radical (unpaired) electrons. The van der Waals surface area contributed by atoms with Gasteiger partial charge in [-0.1, -0.05) is 0 Å². The van der Waals surface area contributed by atoms with Gasteiger partial charge in [-0.15, -0.1) is 11.3 Å². The number of carbonyl (C=O) groups excluding carboxylic acids is 2. The highest BCUT2D eigenvalue weighted by molar-refractivity contribution is 7.09. The Hall–Kier alpha value is -1.43. The van der Waals surface area contributed by atoms with Gasteiger partial charge in [-0.05, 0) is 46.5 Å². The maximum atomic E-state index is 12.8. The molecule has 0 aromatic carbocycles. The average Bonchev–Trinajstić information content (AvgIpc) is 3.17. The molecule has 114 valence electrons. The van der Waals surface area contributed by atoms with Crippen LogP contribution in [0.5, 0.6) is 0 Å². The van der Waals surface area contributed by atoms with Crippen molar-refractivity contribution >= 4 is 23.2 Å². The smallest absolute Gasteiger partial charge is 0.248 e. The van der Waals surface area contributed by atoms with Crippen LogP contribution < -0.4 is 5.32 Å². The second kappa shape index (κ2) is 4.53. The molecule has 1 aromatic heterocycles. The number of rotatable bonds is 3. The first-order chi connectivity index (χ1) is 9.75. The van der Waals surface area contributed by atoms with Crippen molar-refractivity contribution in [3.05, 3.63) is 16.1 Å². The van der Waals surface area contributed by atoms with E-state index in [2.05, 4.69) is 10.3 Å². The Labute approximate surface area is 128 Å². The van der Waals surface area contributed by atoms with E-state index in [4.69, 9.17) is 0 Å². The molecular weight excluding hydrogens is 286 g/mol. The van der Waals surface area contributed by atoms with Crippen LogP contribution in [-0.2, 0) is 16.1 Å². The van der Waals surface area contributed by atoms with Crippen LogP contribution in [0.25, 0.3) is 0 Å². The number of piperazine rings is 1. The zero-order valence-corrected chi connectivity index (χ0v) is 13.7. The molecule has 1 aliphatic heterocycles. The first-order valence-corrected chi connectivity index (χ1v) is 8.19. The molecule has 6 heteroatoms. The lowest BCUT2D eigenvalue weighted by Crippen LogP contribution is -2.73. The third kappa shape index (κ3) is 2.25. The van der Waals surface area contributed by atoms with Gasteiger partial charge in [-0.2, -0.15) is 0 Å². The van der Waals surface area contributed by atoms with Crippen molar-refractivity contribution in [1.29, 1.82) is 0 Å². The second-order valence-corrected chi connectivity index (χ2v) is 7.81. The van der Waals surface area contributed by atoms with Crippen molar-refractivity contribution in [2.24, 2.45) is 5.92 Å². The van der Waals surface area contributed by atoms with Gasteiger partial charge in [0.25, 0.3) is 0 Å². The van der Waals surface area contributed by atoms with Gasteiger partial charge in [-0.3, -0.25) is 9.59 Å². The van der Waals surface area contributed by atoms with Gasteiger partial charge in [0.2, 0.25) is 11.8 Å². The number of amides is 2. The molecule has 1 atom stereocenters. The molecule has 5 nitrogen and oxygen atoms in total. The van der Waals surface area contributed by atoms with Crippen molar-refractivity contribution < 1.29 is 9.59 Å². The summed E-state index contributed by atoms with van der Waals surface area (Å²) in [4.78, 5) is 31.7. The van der Waals surface area contributed by atoms with Gasteiger partial charge < -0.3 is 10.2 Å². The number of hydrogen-bond donors (Lipinski definition) is 1. The summed E-state index contributed by atoms with van der Waals surface area (Å²) < 4.78 is 0. The maximum Gasteiger partial charge on any atom is 0.248 e. The van der Waals surface area contributed by atoms with E-state index < -0.39 is 11.1 Å². The minimum atomic E-state index is -0.851. The molecule has 3 rings (SSSR count). The standard InChI is InChI=1S/C15H21N3O2S/c1-9-16-11(8-21-9)7-18-13(20)14(2,3)17-12(19)15(18,4)10-5-6-10/h8,10H,5-7H2,1-4H3,(H,17,19). The zero-order valence-electron chi connectivity index (χ0n) is 12.9. The molecule has 2 heterocycles. The number of hydrogen-bond acceptors (Lipinski definition) is 4. The monoisotopic (exact) mass is 307 g/mol. The Bertz CT molecular complexity index is 606. The number of thiazole rings is 1. The van der Waals surface area contributed by atoms with Crippen molar-refractivity contribution in [2.45, 2.75) is 58.2 Å². The number of aromatic nitrogens is 1. The largest absolute Gasteiger partial charge is 0.340 e. The van der Waals surface area contributed by atoms with Gasteiger partial charge in [-0.25, -0.2) is 4.98 Å². The molecule has 1 aromatic rings. The first kappa shape index (κ1) is 14.5. The van der Waals surface area contributed by atoms with E-state index in [-0.39, 0.29) is 17.7 Å². The summed E-state index contributed by atoms with van der Waals surface area (Å²) in [6, 6.07) is 0. The molecule has 1 N–H and O–H groups in total. The van der Waals surface area contributed by atoms with Crippen molar-refractivity contribution in [2.75, 3.05) is 0 Å². The Balaban J connectivity index is 1.97. The van der Waals surface area contributed by atoms with Crippen molar-refractivity contribution in [1.82, 2.24) is 15.2 Å². The summed E-state index contributed by atoms with van der Waals surface area (Å²) in [5.74, 6) is 0.195. The molecule has 1 saturated carbocycles. The van der Waals surface area contributed by atoms with Gasteiger partial charge in [0.15, 0.2) is 0 Å². The summed E-state index contributed by atoms with van der Waals surface area (Å²) in [5.41, 5.74) is -0.732. The van der Waals surface area contributed by atoms with Crippen LogP contribution >= 0.6 is 11.3 Å². The quantitative estimate of drug-likeness (QED) is 0.927. The van der Waals surface area contributed by atoms with Crippen molar-refractivity contribution in [3.8, 4) is 0 Å². The lowest BCUT2D eigenvalue weighted by molar-refractivity contribution is -0.163. The summed E-state index contributed by atoms with van der Waals surface area (Å²) in [7, 11) is 0. The lowest BCUT2D eigenvalue weighted by atomic mass is 9.84. The van der Waals surface area contributed by atoms with E-state index in [0.717, 1.165) is 23.5 Å². The lowest BCUT2D eigenvalue weighted by Gasteiger charge is -2.49. The molecule has 2 fully saturated rings. The average molecular weight is 307 g/mol. The zero-order chi connectivity index (χ0) is 15.4. The third-order valence-corrected chi connectivity index (χ3v) is 5.41. The summed E-state index contributed by atoms with van der Waals surface area (Å²) in [6.45, 7) is 7.78. The molecule has 21 heavy (non-hydrogen) atoms. The minimum Gasteiger partial charge on any atom is -0.340 e. The van der Waals surface area contributed by atoms with Crippen LogP contribution in [0.4, 0.5) is 0 Å². The van der Waals surface area contributed by atoms with E-state index in [9.17, 15) is 9.59 Å². The fourth-order valence-electron chi connectivity index (χ4n) is 3.06. The van der Waals surface area contributed by atoms with Crippen LogP contribution in [-0.4, -0.2) is 32.8 Å². The fourth-order valence-corrected chi connectivity index (χ4v) is 3.67. The van der Waals surface area contributed by atoms with Crippen LogP contribution in [0.3, 0.4) is 0 Å². The highest BCUT2D eigenvalue weighted by Crippen LogP contribution is 2.46. The molecule has 0 bridgehead atoms. The van der Waals surface area contributed by atoms with Gasteiger partial charge in [0, 0.05) is 5.38 Å². The van der Waals surface area contributed by atoms with E-state index in [1.54, 1.807) is 30.1 Å². The normalized spacial score (nSPS) is 28.7. The Morgan fingerprint density at radius 2 is 2.05 bits per heavy atom. The topological polar surface area (TPSA) is 62.3 Å². The molecule has 0 spiro atoms. The Morgan fingerprint density at radius 1 is 1.38 bits per heavy atom. The molecule has 2 amide bonds. The van der Waals surface area contributed by atoms with Crippen LogP contribution in [0.15, 0.2) is 5.38 Å². The van der Waals surface area contributed by atoms with E-state index >= 15 is 0 Å². The van der Waals surface area contributed by atoms with Gasteiger partial charge in [0.1, 0.15) is 11.1 Å². The SMILES string of the molecule is Cc1nc(CN2C(=O)C(C)(C)NC(=O)C2(C)C2CC2)cs1. The third-order valence-electron chi connectivity index (χ3n) is 4.59. The van der Waals surface area contributed by atoms with E-state index in [1.807, 2.05) is 19.2 Å². The molecule has 1 aliphatic carbocycles. The first-order valence-electron chi connectivity index (χ1n) is 7.31. The minimum absolute atomic E-state index is 0.0258. The molecular formula is C15H21N3O2S. The van der Waals surface area contributed by atoms with Crippen LogP contribution in [0.1, 0.15) is 44.3 Å². The predicted molar refractivity (Wildman–Crippen MR) is 80.8 cm³/mol. The van der Waals surface area contributed by atoms with E-state index in [1.165, 1.54) is 0 Å². The molecule has 2 aliphatic rings. The summed E-state index contributed by atoms with van der Waals surface area (Å²) in [5, 5.41) is 5.84. The highest BCUT2D eigenvalue weighted by Gasteiger charge is 2.59. The van der Waals surface area contributed by atoms with Gasteiger partial charge >= 0.3 is 0 Å². The Kier molecular flexibility index (Phi) is 3.13. The summed E-state index contributed by atoms with van der Waals surface area (Å²) in [6.07, 6.45) is 2.01. The summed E-state index contributed by atoms with van der Waals surface area (Å²) >= 11 is 1.57. The molecule has 1 saturated heterocycles. The number of aryl methyl sites for hydroxylation is 1. The number of nitrogens with one attached hydrogen (secondary N) is 1. The van der Waals surface area contributed by atoms with Crippen LogP contribution in [0, 0.1) is 12.8 Å². The maximum absolute atomic E-state index is 12.8. The van der Waals surface area contributed by atoms with E-state index in [0.29, 0.717) is 6.54 Å².